The number of aromatic nitrogens is 1. The number of hydrogen-bond donors (Lipinski definition) is 1. The van der Waals surface area contributed by atoms with Crippen LogP contribution in [0, 0.1) is 0 Å². The number of morpholine rings is 1. The summed E-state index contributed by atoms with van der Waals surface area (Å²) < 4.78 is 39.9. The number of halogens is 1. The summed E-state index contributed by atoms with van der Waals surface area (Å²) in [6, 6.07) is 1.04. The molecule has 8 heteroatoms. The average molecular weight is 302 g/mol. The Hall–Kier alpha value is -1.41. The van der Waals surface area contributed by atoms with Gasteiger partial charge < -0.3 is 14.6 Å². The van der Waals surface area contributed by atoms with Gasteiger partial charge in [0.05, 0.1) is 18.8 Å². The number of aromatic amines is 1. The number of nitrogens with one attached hydrogen (secondary N) is 1. The number of carbonyl (C=O) groups excluding carboxylic acids is 1. The first-order valence-corrected chi connectivity index (χ1v) is 7.84. The molecule has 1 aromatic heterocycles. The third kappa shape index (κ3) is 2.12. The van der Waals surface area contributed by atoms with Crippen LogP contribution in [0.5, 0.6) is 0 Å². The lowest BCUT2D eigenvalue weighted by Crippen LogP contribution is -2.62. The zero-order valence-electron chi connectivity index (χ0n) is 10.8. The zero-order valence-corrected chi connectivity index (χ0v) is 11.6. The number of carbonyl (C=O) groups is 1. The van der Waals surface area contributed by atoms with E-state index in [1.165, 1.54) is 0 Å². The van der Waals surface area contributed by atoms with Crippen LogP contribution in [0.1, 0.15) is 29.8 Å². The van der Waals surface area contributed by atoms with Gasteiger partial charge >= 0.3 is 10.2 Å². The van der Waals surface area contributed by atoms with Gasteiger partial charge in [-0.1, -0.05) is 0 Å². The molecule has 3 rings (SSSR count). The van der Waals surface area contributed by atoms with Crippen LogP contribution in [-0.2, 0) is 15.0 Å². The molecule has 1 aromatic rings. The molecule has 2 aliphatic rings. The molecule has 1 aliphatic heterocycles. The van der Waals surface area contributed by atoms with Gasteiger partial charge in [0.1, 0.15) is 10.6 Å². The smallest absolute Gasteiger partial charge is 0.333 e. The fraction of sp³-hybridized carbons (Fsp3) is 0.583. The van der Waals surface area contributed by atoms with Crippen LogP contribution in [0.4, 0.5) is 3.89 Å². The Morgan fingerprint density at radius 1 is 1.45 bits per heavy atom. The molecule has 1 saturated carbocycles. The van der Waals surface area contributed by atoms with Gasteiger partial charge in [-0.2, -0.15) is 8.42 Å². The van der Waals surface area contributed by atoms with Crippen molar-refractivity contribution in [1.29, 1.82) is 0 Å². The number of rotatable bonds is 2. The molecule has 0 atom stereocenters. The Morgan fingerprint density at radius 3 is 2.75 bits per heavy atom. The molecule has 6 nitrogen and oxygen atoms in total. The summed E-state index contributed by atoms with van der Waals surface area (Å²) in [5, 5.41) is 0. The second-order valence-corrected chi connectivity index (χ2v) is 6.62. The fourth-order valence-electron chi connectivity index (χ4n) is 2.83. The fourth-order valence-corrected chi connectivity index (χ4v) is 3.29. The van der Waals surface area contributed by atoms with E-state index in [0.29, 0.717) is 19.8 Å². The molecule has 110 valence electrons. The highest BCUT2D eigenvalue weighted by Crippen LogP contribution is 2.40. The quantitative estimate of drug-likeness (QED) is 0.829. The zero-order chi connectivity index (χ0) is 14.4. The first kappa shape index (κ1) is 13.6. The molecule has 1 amide bonds. The number of ether oxygens (including phenoxy) is 1. The average Bonchev–Trinajstić information content (AvgIpc) is 2.85. The molecule has 1 aliphatic carbocycles. The normalized spacial score (nSPS) is 21.8. The van der Waals surface area contributed by atoms with Crippen molar-refractivity contribution >= 4 is 16.1 Å². The molecule has 0 aromatic carbocycles. The third-order valence-electron chi connectivity index (χ3n) is 4.10. The third-order valence-corrected chi connectivity index (χ3v) is 4.90. The van der Waals surface area contributed by atoms with E-state index in [4.69, 9.17) is 4.74 Å². The first-order valence-electron chi connectivity index (χ1n) is 6.45. The van der Waals surface area contributed by atoms with Gasteiger partial charge in [-0.25, -0.2) is 0 Å². The van der Waals surface area contributed by atoms with Crippen LogP contribution >= 0.6 is 0 Å². The molecular formula is C12H15FN2O4S. The molecule has 0 bridgehead atoms. The SMILES string of the molecule is O=C(c1cc(S(=O)(=O)F)c[nH]1)N1CCOCC12CCC2. The lowest BCUT2D eigenvalue weighted by atomic mass is 9.75. The van der Waals surface area contributed by atoms with Crippen molar-refractivity contribution in [1.82, 2.24) is 9.88 Å². The van der Waals surface area contributed by atoms with E-state index >= 15 is 0 Å². The summed E-state index contributed by atoms with van der Waals surface area (Å²) in [7, 11) is -4.79. The van der Waals surface area contributed by atoms with Gasteiger partial charge in [-0.3, -0.25) is 4.79 Å². The summed E-state index contributed by atoms with van der Waals surface area (Å²) in [4.78, 5) is 16.2. The Balaban J connectivity index is 1.86. The summed E-state index contributed by atoms with van der Waals surface area (Å²) in [6.45, 7) is 1.44. The molecular weight excluding hydrogens is 287 g/mol. The molecule has 2 fully saturated rings. The van der Waals surface area contributed by atoms with Crippen LogP contribution in [-0.4, -0.2) is 49.5 Å². The van der Waals surface area contributed by atoms with E-state index in [9.17, 15) is 17.1 Å². The van der Waals surface area contributed by atoms with Crippen molar-refractivity contribution in [2.24, 2.45) is 0 Å². The maximum absolute atomic E-state index is 12.9. The standard InChI is InChI=1S/C12H15FN2O4S/c13-20(17,18)9-6-10(14-7-9)11(16)15-4-5-19-8-12(15)2-1-3-12/h6-7,14H,1-5,8H2. The van der Waals surface area contributed by atoms with E-state index in [0.717, 1.165) is 31.5 Å². The predicted molar refractivity (Wildman–Crippen MR) is 67.5 cm³/mol. The van der Waals surface area contributed by atoms with Crippen molar-refractivity contribution in [2.75, 3.05) is 19.8 Å². The predicted octanol–water partition coefficient (Wildman–Crippen LogP) is 1.07. The topological polar surface area (TPSA) is 79.5 Å². The molecule has 1 N–H and O–H groups in total. The molecule has 0 radical (unpaired) electrons. The van der Waals surface area contributed by atoms with Gasteiger partial charge in [-0.15, -0.1) is 3.89 Å². The first-order chi connectivity index (χ1) is 9.42. The lowest BCUT2D eigenvalue weighted by molar-refractivity contribution is -0.0879. The summed E-state index contributed by atoms with van der Waals surface area (Å²) in [5.41, 5.74) is -0.177. The van der Waals surface area contributed by atoms with Gasteiger partial charge in [0.2, 0.25) is 0 Å². The van der Waals surface area contributed by atoms with Crippen LogP contribution in [0.2, 0.25) is 0 Å². The van der Waals surface area contributed by atoms with Gasteiger partial charge in [0.25, 0.3) is 5.91 Å². The number of H-pyrrole nitrogens is 1. The molecule has 1 spiro atoms. The summed E-state index contributed by atoms with van der Waals surface area (Å²) >= 11 is 0. The minimum atomic E-state index is -4.79. The second-order valence-electron chi connectivity index (χ2n) is 5.27. The van der Waals surface area contributed by atoms with Crippen molar-refractivity contribution < 1.29 is 21.8 Å². The highest BCUT2D eigenvalue weighted by atomic mass is 32.3. The minimum absolute atomic E-state index is 0.0920. The van der Waals surface area contributed by atoms with Crippen molar-refractivity contribution in [3.63, 3.8) is 0 Å². The van der Waals surface area contributed by atoms with Gasteiger partial charge in [-0.05, 0) is 25.3 Å². The summed E-state index contributed by atoms with van der Waals surface area (Å²) in [5.74, 6) is -0.303. The second kappa shape index (κ2) is 4.56. The van der Waals surface area contributed by atoms with Crippen LogP contribution in [0.3, 0.4) is 0 Å². The van der Waals surface area contributed by atoms with Crippen LogP contribution < -0.4 is 0 Å². The Kier molecular flexibility index (Phi) is 3.09. The van der Waals surface area contributed by atoms with E-state index in [-0.39, 0.29) is 17.1 Å². The lowest BCUT2D eigenvalue weighted by Gasteiger charge is -2.52. The largest absolute Gasteiger partial charge is 0.377 e. The maximum atomic E-state index is 12.9. The van der Waals surface area contributed by atoms with E-state index in [1.54, 1.807) is 4.90 Å². The van der Waals surface area contributed by atoms with E-state index in [2.05, 4.69) is 4.98 Å². The minimum Gasteiger partial charge on any atom is -0.377 e. The Morgan fingerprint density at radius 2 is 2.20 bits per heavy atom. The van der Waals surface area contributed by atoms with E-state index in [1.807, 2.05) is 0 Å². The Labute approximate surface area is 116 Å². The van der Waals surface area contributed by atoms with Gasteiger partial charge in [0, 0.05) is 12.7 Å². The molecule has 2 heterocycles. The number of amides is 1. The Bertz CT molecular complexity index is 636. The maximum Gasteiger partial charge on any atom is 0.333 e. The van der Waals surface area contributed by atoms with Crippen LogP contribution in [0.15, 0.2) is 17.2 Å². The molecule has 20 heavy (non-hydrogen) atoms. The molecule has 1 saturated heterocycles. The van der Waals surface area contributed by atoms with Crippen LogP contribution in [0.25, 0.3) is 0 Å². The van der Waals surface area contributed by atoms with Crippen molar-refractivity contribution in [2.45, 2.75) is 29.7 Å². The summed E-state index contributed by atoms with van der Waals surface area (Å²) in [6.07, 6.45) is 3.81. The highest BCUT2D eigenvalue weighted by molar-refractivity contribution is 7.86. The number of nitrogens with zero attached hydrogens (tertiary/aromatic N) is 1. The van der Waals surface area contributed by atoms with Gasteiger partial charge in [0.15, 0.2) is 0 Å². The van der Waals surface area contributed by atoms with E-state index < -0.39 is 15.1 Å². The van der Waals surface area contributed by atoms with Crippen molar-refractivity contribution in [3.8, 4) is 0 Å². The molecule has 0 unspecified atom stereocenters. The monoisotopic (exact) mass is 302 g/mol. The highest BCUT2D eigenvalue weighted by Gasteiger charge is 2.47. The van der Waals surface area contributed by atoms with Crippen molar-refractivity contribution in [3.05, 3.63) is 18.0 Å². The number of hydrogen-bond acceptors (Lipinski definition) is 4.